The molecule has 0 amide bonds. The van der Waals surface area contributed by atoms with Crippen LogP contribution in [0.4, 0.5) is 4.39 Å². The van der Waals surface area contributed by atoms with Gasteiger partial charge < -0.3 is 5.11 Å². The average Bonchev–Trinajstić information content (AvgIpc) is 3.12. The van der Waals surface area contributed by atoms with Crippen molar-refractivity contribution in [2.45, 2.75) is 31.9 Å². The largest absolute Gasteiger partial charge is 0.387 e. The van der Waals surface area contributed by atoms with E-state index < -0.39 is 6.10 Å². The van der Waals surface area contributed by atoms with Gasteiger partial charge in [0.2, 0.25) is 0 Å². The minimum absolute atomic E-state index is 0.271. The van der Waals surface area contributed by atoms with Crippen LogP contribution in [0.15, 0.2) is 36.4 Å². The van der Waals surface area contributed by atoms with E-state index in [1.807, 2.05) is 6.92 Å². The Kier molecular flexibility index (Phi) is 4.15. The van der Waals surface area contributed by atoms with Crippen LogP contribution in [0.1, 0.15) is 31.4 Å². The Hall–Kier alpha value is -1.19. The lowest BCUT2D eigenvalue weighted by molar-refractivity contribution is 0.114. The molecule has 18 heavy (non-hydrogen) atoms. The Morgan fingerprint density at radius 2 is 2.06 bits per heavy atom. The maximum Gasteiger partial charge on any atom is 0.123 e. The Labute approximate surface area is 108 Å². The van der Waals surface area contributed by atoms with Crippen LogP contribution < -0.4 is 0 Å². The zero-order chi connectivity index (χ0) is 13.1. The molecule has 0 saturated heterocycles. The molecule has 1 N–H and O–H groups in total. The van der Waals surface area contributed by atoms with E-state index in [9.17, 15) is 9.50 Å². The smallest absolute Gasteiger partial charge is 0.123 e. The second kappa shape index (κ2) is 5.63. The molecule has 1 aromatic carbocycles. The zero-order valence-corrected chi connectivity index (χ0v) is 10.8. The first-order valence-corrected chi connectivity index (χ1v) is 6.38. The third kappa shape index (κ3) is 3.65. The number of hydrogen-bond donors (Lipinski definition) is 1. The van der Waals surface area contributed by atoms with Crippen molar-refractivity contribution in [2.24, 2.45) is 0 Å². The minimum atomic E-state index is -0.564. The molecule has 2 rings (SSSR count). The van der Waals surface area contributed by atoms with Gasteiger partial charge in [-0.15, -0.1) is 0 Å². The lowest BCUT2D eigenvalue weighted by Crippen LogP contribution is -2.32. The van der Waals surface area contributed by atoms with Gasteiger partial charge in [-0.1, -0.05) is 24.3 Å². The second-order valence-electron chi connectivity index (χ2n) is 5.19. The van der Waals surface area contributed by atoms with Crippen molar-refractivity contribution < 1.29 is 9.50 Å². The molecular weight excluding hydrogens is 229 g/mol. The maximum atomic E-state index is 12.8. The molecule has 1 aromatic rings. The Morgan fingerprint density at radius 1 is 1.44 bits per heavy atom. The fraction of sp³-hybridized carbons (Fsp3) is 0.467. The molecule has 98 valence electrons. The van der Waals surface area contributed by atoms with Gasteiger partial charge in [-0.05, 0) is 37.5 Å². The first-order chi connectivity index (χ1) is 8.56. The number of nitrogens with zero attached hydrogens (tertiary/aromatic N) is 1. The van der Waals surface area contributed by atoms with Crippen LogP contribution in [-0.2, 0) is 0 Å². The average molecular weight is 249 g/mol. The molecule has 1 aliphatic rings. The van der Waals surface area contributed by atoms with Crippen molar-refractivity contribution in [2.75, 3.05) is 13.1 Å². The topological polar surface area (TPSA) is 23.5 Å². The number of aliphatic hydroxyl groups excluding tert-OH is 1. The molecule has 0 bridgehead atoms. The Balaban J connectivity index is 1.97. The summed E-state index contributed by atoms with van der Waals surface area (Å²) in [6, 6.07) is 6.65. The molecule has 1 fully saturated rings. The monoisotopic (exact) mass is 249 g/mol. The molecule has 0 heterocycles. The molecule has 1 aliphatic carbocycles. The van der Waals surface area contributed by atoms with Crippen LogP contribution in [0.3, 0.4) is 0 Å². The summed E-state index contributed by atoms with van der Waals surface area (Å²) in [4.78, 5) is 2.26. The fourth-order valence-electron chi connectivity index (χ4n) is 2.14. The van der Waals surface area contributed by atoms with E-state index in [1.54, 1.807) is 12.1 Å². The van der Waals surface area contributed by atoms with Crippen LogP contribution in [0, 0.1) is 5.82 Å². The van der Waals surface area contributed by atoms with Gasteiger partial charge in [-0.25, -0.2) is 4.39 Å². The van der Waals surface area contributed by atoms with E-state index in [0.717, 1.165) is 17.7 Å². The summed E-state index contributed by atoms with van der Waals surface area (Å²) in [5, 5.41) is 10.2. The van der Waals surface area contributed by atoms with Gasteiger partial charge in [0.25, 0.3) is 0 Å². The van der Waals surface area contributed by atoms with Crippen molar-refractivity contribution in [1.29, 1.82) is 0 Å². The number of halogens is 1. The highest BCUT2D eigenvalue weighted by Gasteiger charge is 2.30. The van der Waals surface area contributed by atoms with E-state index in [-0.39, 0.29) is 5.82 Å². The molecule has 1 saturated carbocycles. The SMILES string of the molecule is C=C(C)CN(CC(O)c1ccc(F)cc1)C1CC1. The molecular formula is C15H20FNO. The summed E-state index contributed by atoms with van der Waals surface area (Å²) in [7, 11) is 0. The van der Waals surface area contributed by atoms with Gasteiger partial charge >= 0.3 is 0 Å². The van der Waals surface area contributed by atoms with E-state index in [1.165, 1.54) is 25.0 Å². The first kappa shape index (κ1) is 13.2. The van der Waals surface area contributed by atoms with Crippen LogP contribution in [0.2, 0.25) is 0 Å². The molecule has 1 unspecified atom stereocenters. The molecule has 0 radical (unpaired) electrons. The summed E-state index contributed by atoms with van der Waals surface area (Å²) in [6.45, 7) is 7.33. The maximum absolute atomic E-state index is 12.8. The standard InChI is InChI=1S/C15H20FNO/c1-11(2)9-17(14-7-8-14)10-15(18)12-3-5-13(16)6-4-12/h3-6,14-15,18H,1,7-10H2,2H3. The molecule has 0 spiro atoms. The third-order valence-electron chi connectivity index (χ3n) is 3.20. The summed E-state index contributed by atoms with van der Waals surface area (Å²) in [5.74, 6) is -0.271. The molecule has 0 aliphatic heterocycles. The normalized spacial score (nSPS) is 16.9. The number of hydrogen-bond acceptors (Lipinski definition) is 2. The van der Waals surface area contributed by atoms with E-state index >= 15 is 0 Å². The third-order valence-corrected chi connectivity index (χ3v) is 3.20. The Morgan fingerprint density at radius 3 is 2.56 bits per heavy atom. The van der Waals surface area contributed by atoms with Crippen LogP contribution >= 0.6 is 0 Å². The summed E-state index contributed by atoms with van der Waals surface area (Å²) in [5.41, 5.74) is 1.87. The quantitative estimate of drug-likeness (QED) is 0.784. The van der Waals surface area contributed by atoms with Gasteiger partial charge in [0.05, 0.1) is 6.10 Å². The van der Waals surface area contributed by atoms with Crippen molar-refractivity contribution in [3.63, 3.8) is 0 Å². The van der Waals surface area contributed by atoms with Crippen molar-refractivity contribution in [3.8, 4) is 0 Å². The molecule has 2 nitrogen and oxygen atoms in total. The summed E-state index contributed by atoms with van der Waals surface area (Å²) in [6.07, 6.45) is 1.83. The van der Waals surface area contributed by atoms with Crippen molar-refractivity contribution >= 4 is 0 Å². The van der Waals surface area contributed by atoms with Crippen LogP contribution in [0.5, 0.6) is 0 Å². The first-order valence-electron chi connectivity index (χ1n) is 6.38. The minimum Gasteiger partial charge on any atom is -0.387 e. The van der Waals surface area contributed by atoms with E-state index in [4.69, 9.17) is 0 Å². The fourth-order valence-corrected chi connectivity index (χ4v) is 2.14. The highest BCUT2D eigenvalue weighted by molar-refractivity contribution is 5.19. The van der Waals surface area contributed by atoms with Crippen molar-refractivity contribution in [1.82, 2.24) is 4.90 Å². The van der Waals surface area contributed by atoms with E-state index in [2.05, 4.69) is 11.5 Å². The highest BCUT2D eigenvalue weighted by atomic mass is 19.1. The van der Waals surface area contributed by atoms with Crippen LogP contribution in [0.25, 0.3) is 0 Å². The van der Waals surface area contributed by atoms with E-state index in [0.29, 0.717) is 12.6 Å². The van der Waals surface area contributed by atoms with Gasteiger partial charge in [-0.3, -0.25) is 4.90 Å². The van der Waals surface area contributed by atoms with Gasteiger partial charge in [0.1, 0.15) is 5.82 Å². The number of benzene rings is 1. The molecule has 0 aromatic heterocycles. The lowest BCUT2D eigenvalue weighted by Gasteiger charge is -2.25. The predicted molar refractivity (Wildman–Crippen MR) is 70.8 cm³/mol. The van der Waals surface area contributed by atoms with Crippen LogP contribution in [-0.4, -0.2) is 29.1 Å². The zero-order valence-electron chi connectivity index (χ0n) is 10.8. The highest BCUT2D eigenvalue weighted by Crippen LogP contribution is 2.29. The molecule has 1 atom stereocenters. The summed E-state index contributed by atoms with van der Waals surface area (Å²) >= 11 is 0. The number of rotatable bonds is 6. The second-order valence-corrected chi connectivity index (χ2v) is 5.19. The van der Waals surface area contributed by atoms with Gasteiger partial charge in [-0.2, -0.15) is 0 Å². The lowest BCUT2D eigenvalue weighted by atomic mass is 10.1. The summed E-state index contributed by atoms with van der Waals surface area (Å²) < 4.78 is 12.8. The van der Waals surface area contributed by atoms with Crippen molar-refractivity contribution in [3.05, 3.63) is 47.8 Å². The van der Waals surface area contributed by atoms with Gasteiger partial charge in [0.15, 0.2) is 0 Å². The number of aliphatic hydroxyl groups is 1. The molecule has 3 heteroatoms. The van der Waals surface area contributed by atoms with Gasteiger partial charge in [0, 0.05) is 19.1 Å². The Bertz CT molecular complexity index is 411. The predicted octanol–water partition coefficient (Wildman–Crippen LogP) is 2.90.